The number of aromatic nitrogens is 2. The first-order valence-corrected chi connectivity index (χ1v) is 48.9. The number of rotatable bonds is 33. The molecule has 25 nitrogen and oxygen atoms in total. The van der Waals surface area contributed by atoms with Crippen molar-refractivity contribution in [3.05, 3.63) is 168 Å². The molecule has 3 N–H and O–H groups in total. The van der Waals surface area contributed by atoms with Crippen molar-refractivity contribution in [3.63, 3.8) is 0 Å². The summed E-state index contributed by atoms with van der Waals surface area (Å²) in [5, 5.41) is 9.04. The maximum atomic E-state index is 13.7. The summed E-state index contributed by atoms with van der Waals surface area (Å²) in [4.78, 5) is 137. The van der Waals surface area contributed by atoms with Crippen LogP contribution < -0.4 is 5.73 Å². The van der Waals surface area contributed by atoms with E-state index >= 15 is 0 Å². The van der Waals surface area contributed by atoms with E-state index in [9.17, 15) is 38.4 Å². The number of Topliss-reactive ketones (excluding diaryl/α,β-unsaturated/α-hetero) is 3. The molecule has 4 aromatic carbocycles. The van der Waals surface area contributed by atoms with Gasteiger partial charge >= 0.3 is 24.1 Å². The van der Waals surface area contributed by atoms with Crippen molar-refractivity contribution < 1.29 is 48.2 Å². The molecule has 12 fully saturated rings. The van der Waals surface area contributed by atoms with Crippen molar-refractivity contribution in [3.8, 4) is 0 Å². The molecule has 5 heterocycles. The van der Waals surface area contributed by atoms with Crippen LogP contribution in [0.15, 0.2) is 140 Å². The van der Waals surface area contributed by atoms with Crippen LogP contribution in [0.25, 0.3) is 0 Å². The molecule has 0 bridgehead atoms. The number of carbonyl (C=O) groups excluding carboxylic acids is 8. The number of amides is 9. The summed E-state index contributed by atoms with van der Waals surface area (Å²) >= 11 is 0. The van der Waals surface area contributed by atoms with Gasteiger partial charge in [-0.25, -0.2) is 29.1 Å². The number of aliphatic hydroxyl groups is 1. The topological polar surface area (TPSA) is 257 Å². The molecule has 0 atom stereocenters. The Kier molecular flexibility index (Phi) is 31.4. The Balaban J connectivity index is 0.000000139. The zero-order valence-electron chi connectivity index (χ0n) is 79.3. The van der Waals surface area contributed by atoms with Gasteiger partial charge in [0.1, 0.15) is 12.9 Å². The van der Waals surface area contributed by atoms with Crippen LogP contribution in [-0.4, -0.2) is 299 Å². The first kappa shape index (κ1) is 96.3. The highest BCUT2D eigenvalue weighted by Crippen LogP contribution is 2.55. The van der Waals surface area contributed by atoms with E-state index in [4.69, 9.17) is 15.6 Å². The number of primary amides is 1. The van der Waals surface area contributed by atoms with E-state index in [0.717, 1.165) is 135 Å². The Morgan fingerprint density at radius 3 is 0.891 bits per heavy atom. The number of ether oxygens (including phenoxy) is 1. The quantitative estimate of drug-likeness (QED) is 0.0370. The molecule has 1 aromatic heterocycles. The number of carbonyl (C=O) groups is 8. The van der Waals surface area contributed by atoms with Gasteiger partial charge in [0.15, 0.2) is 17.3 Å². The maximum absolute atomic E-state index is 13.7. The fraction of sp³-hybridized carbons (Fsp3) is 0.654. The second-order valence-corrected chi connectivity index (χ2v) is 41.6. The number of hydrogen-bond acceptors (Lipinski definition) is 16. The van der Waals surface area contributed by atoms with Crippen molar-refractivity contribution in [1.29, 1.82) is 0 Å². The molecule has 129 heavy (non-hydrogen) atoms. The summed E-state index contributed by atoms with van der Waals surface area (Å²) in [7, 11) is 19.0. The molecular weight excluding hydrogens is 1620 g/mol. The van der Waals surface area contributed by atoms with Gasteiger partial charge in [-0.05, 0) is 275 Å². The van der Waals surface area contributed by atoms with Gasteiger partial charge in [0, 0.05) is 114 Å². The van der Waals surface area contributed by atoms with E-state index in [1.807, 2.05) is 9.80 Å². The SMILES string of the molecule is CN(C)C1(c2ccccc2)CCC2(CC1)CN(CC(=O)CCCO)C(=O)N2CC1CCC1.CN(C)C1(c2ccccc2)CCC2(CC1)CN(CC(=O)Cc1ccncn1)C(=O)N2CC1CCC1.CN(C)C1(c2ccccc2)CCC2(CC1)CN(CC(N)=O)C(=O)N2CC1CCC1.COCCCC(=O)CN1CC2(CCC(c3ccccc3)(N(C)C)CC2)N(CC2CCC2)C1=O. The van der Waals surface area contributed by atoms with Gasteiger partial charge in [0.2, 0.25) is 5.91 Å². The highest BCUT2D eigenvalue weighted by molar-refractivity contribution is 5.90. The van der Waals surface area contributed by atoms with Gasteiger partial charge in [-0.3, -0.25) is 38.8 Å². The molecule has 4 saturated heterocycles. The molecule has 9 amide bonds. The molecule has 4 aliphatic heterocycles. The van der Waals surface area contributed by atoms with Crippen LogP contribution in [0.5, 0.6) is 0 Å². The van der Waals surface area contributed by atoms with Crippen molar-refractivity contribution in [2.24, 2.45) is 29.4 Å². The third-order valence-corrected chi connectivity index (χ3v) is 33.5. The highest BCUT2D eigenvalue weighted by Gasteiger charge is 2.60. The first-order chi connectivity index (χ1) is 62.1. The van der Waals surface area contributed by atoms with Crippen molar-refractivity contribution in [2.75, 3.05) is 155 Å². The monoisotopic (exact) mass is 1770 g/mol. The minimum Gasteiger partial charge on any atom is -0.396 e. The number of nitrogens with zero attached hydrogens (tertiary/aromatic N) is 14. The Morgan fingerprint density at radius 2 is 0.659 bits per heavy atom. The van der Waals surface area contributed by atoms with Crippen LogP contribution in [0.2, 0.25) is 0 Å². The molecule has 12 aliphatic rings. The predicted octanol–water partition coefficient (Wildman–Crippen LogP) is 14.6. The molecule has 0 radical (unpaired) electrons. The Morgan fingerprint density at radius 1 is 0.388 bits per heavy atom. The third-order valence-electron chi connectivity index (χ3n) is 33.5. The van der Waals surface area contributed by atoms with E-state index in [2.05, 4.69) is 227 Å². The number of nitrogens with two attached hydrogens (primary N) is 1. The average Bonchev–Trinajstić information content (AvgIpc) is 1.62. The minimum atomic E-state index is -0.429. The predicted molar refractivity (Wildman–Crippen MR) is 503 cm³/mol. The van der Waals surface area contributed by atoms with E-state index in [1.165, 1.54) is 106 Å². The van der Waals surface area contributed by atoms with Crippen LogP contribution in [0.3, 0.4) is 0 Å². The van der Waals surface area contributed by atoms with Crippen LogP contribution >= 0.6 is 0 Å². The zero-order chi connectivity index (χ0) is 91.4. The standard InChI is InChI=1S/C28H37N5O2.C27H41N3O3.C26H39N3O3.C23H34N4O2/c1-31(2)28(23-9-4-3-5-10-23)14-12-27(13-15-28)20-32(26(35)33(27)18-22-7-6-8-22)19-25(34)17-24-11-16-29-21-30-24;1-28(2)27(23-11-5-4-6-12-23)16-14-26(15-17-27)21-29(20-24(31)13-8-18-33-3)25(32)30(26)19-22-9-7-10-22;1-27(2)26(22-10-4-3-5-11-22)15-13-25(14-16-26)20-28(19-23(31)12-7-17-30)24(32)29(25)18-21-8-6-9-21;1-25(2)23(19-9-4-3-5-10-19)13-11-22(12-14-23)17-26(16-20(24)28)21(29)27(22)15-18-7-6-8-18/h3-5,9-11,16,21-22H,6-8,12-15,17-20H2,1-2H3;4-6,11-12,22H,7-10,13-21H2,1-3H3;3-5,10-11,21,30H,6-9,12-20H2,1-2H3;3-5,9-10,18H,6-8,11-17H2,1-2H3,(H2,24,28). The second-order valence-electron chi connectivity index (χ2n) is 41.6. The van der Waals surface area contributed by atoms with Crippen molar-refractivity contribution >= 4 is 47.4 Å². The van der Waals surface area contributed by atoms with E-state index in [1.54, 1.807) is 29.2 Å². The van der Waals surface area contributed by atoms with Crippen molar-refractivity contribution in [1.82, 2.24) is 68.8 Å². The van der Waals surface area contributed by atoms with Gasteiger partial charge in [-0.1, -0.05) is 147 Å². The number of benzene rings is 4. The van der Waals surface area contributed by atoms with Gasteiger partial charge in [0.25, 0.3) is 0 Å². The van der Waals surface area contributed by atoms with Crippen LogP contribution in [0.1, 0.15) is 233 Å². The van der Waals surface area contributed by atoms with Gasteiger partial charge < -0.3 is 54.8 Å². The summed E-state index contributed by atoms with van der Waals surface area (Å²) in [6, 6.07) is 45.1. The number of methoxy groups -OCH3 is 1. The molecule has 8 aliphatic carbocycles. The molecule has 4 spiro atoms. The Labute approximate surface area is 768 Å². The molecule has 0 unspecified atom stereocenters. The first-order valence-electron chi connectivity index (χ1n) is 48.9. The van der Waals surface area contributed by atoms with Crippen LogP contribution in [0.4, 0.5) is 19.2 Å². The van der Waals surface area contributed by atoms with Gasteiger partial charge in [0.05, 0.1) is 53.9 Å². The summed E-state index contributed by atoms with van der Waals surface area (Å²) in [5.41, 5.74) is 10.9. The minimum absolute atomic E-state index is 0.00108. The van der Waals surface area contributed by atoms with E-state index in [0.29, 0.717) is 81.4 Å². The number of urea groups is 4. The Hall–Kier alpha value is -8.72. The van der Waals surface area contributed by atoms with Crippen LogP contribution in [-0.2, 0) is 52.5 Å². The number of ketones is 3. The number of hydrogen-bond donors (Lipinski definition) is 2. The average molecular weight is 1770 g/mol. The molecule has 702 valence electrons. The zero-order valence-corrected chi connectivity index (χ0v) is 79.3. The van der Waals surface area contributed by atoms with E-state index in [-0.39, 0.29) is 125 Å². The fourth-order valence-corrected chi connectivity index (χ4v) is 24.4. The second kappa shape index (κ2) is 42.0. The molecule has 5 aromatic rings. The van der Waals surface area contributed by atoms with Gasteiger partial charge in [-0.15, -0.1) is 0 Å². The summed E-state index contributed by atoms with van der Waals surface area (Å²) in [5.74, 6) is 2.23. The number of aliphatic hydroxyl groups excluding tert-OH is 1. The summed E-state index contributed by atoms with van der Waals surface area (Å²) < 4.78 is 5.08. The van der Waals surface area contributed by atoms with Crippen LogP contribution in [0, 0.1) is 23.7 Å². The lowest BCUT2D eigenvalue weighted by molar-refractivity contribution is -0.120. The molecular formula is C104H151N15O10. The maximum Gasteiger partial charge on any atom is 0.321 e. The van der Waals surface area contributed by atoms with E-state index < -0.39 is 5.91 Å². The smallest absolute Gasteiger partial charge is 0.321 e. The molecule has 25 heteroatoms. The Bertz CT molecular complexity index is 4530. The normalized spacial score (nSPS) is 28.4. The summed E-state index contributed by atoms with van der Waals surface area (Å²) in [6.07, 6.45) is 35.9. The third kappa shape index (κ3) is 20.9. The van der Waals surface area contributed by atoms with Gasteiger partial charge in [-0.2, -0.15) is 0 Å². The summed E-state index contributed by atoms with van der Waals surface area (Å²) in [6.45, 7) is 7.16. The lowest BCUT2D eigenvalue weighted by atomic mass is 9.68. The largest absolute Gasteiger partial charge is 0.396 e. The fourth-order valence-electron chi connectivity index (χ4n) is 24.4. The highest BCUT2D eigenvalue weighted by atomic mass is 16.5. The lowest BCUT2D eigenvalue weighted by Crippen LogP contribution is -2.56. The van der Waals surface area contributed by atoms with Crippen molar-refractivity contribution in [2.45, 2.75) is 256 Å². The molecule has 17 rings (SSSR count). The molecule has 8 saturated carbocycles. The lowest BCUT2D eigenvalue weighted by Gasteiger charge is -2.51.